The van der Waals surface area contributed by atoms with Gasteiger partial charge in [0.05, 0.1) is 24.2 Å². The maximum Gasteiger partial charge on any atom is 0.293 e. The highest BCUT2D eigenvalue weighted by molar-refractivity contribution is 5.95. The average Bonchev–Trinajstić information content (AvgIpc) is 2.77. The second-order valence-electron chi connectivity index (χ2n) is 7.46. The first-order valence-corrected chi connectivity index (χ1v) is 10.1. The lowest BCUT2D eigenvalue weighted by Crippen LogP contribution is -2.36. The van der Waals surface area contributed by atoms with Gasteiger partial charge in [-0.3, -0.25) is 14.9 Å². The van der Waals surface area contributed by atoms with E-state index in [9.17, 15) is 20.0 Å². The minimum atomic E-state index is -0.513. The molecule has 0 saturated carbocycles. The standard InChI is InChI=1S/C22H27N3O5/c1-16(26)13-19(17-5-3-2-4-6-17)15-23-22(27)18-7-8-20(21(14-18)25(28)29)24-9-11-30-12-10-24/h2-8,14,16,19,26H,9-13,15H2,1H3,(H,23,27)/t16-,19+/m1/s1. The molecule has 1 aliphatic rings. The van der Waals surface area contributed by atoms with Crippen molar-refractivity contribution in [2.24, 2.45) is 0 Å². The van der Waals surface area contributed by atoms with Gasteiger partial charge in [0, 0.05) is 37.2 Å². The highest BCUT2D eigenvalue weighted by atomic mass is 16.6. The third-order valence-electron chi connectivity index (χ3n) is 5.19. The van der Waals surface area contributed by atoms with Crippen LogP contribution in [-0.2, 0) is 4.74 Å². The fraction of sp³-hybridized carbons (Fsp3) is 0.409. The second kappa shape index (κ2) is 10.2. The number of nitrogens with one attached hydrogen (secondary N) is 1. The molecular weight excluding hydrogens is 386 g/mol. The van der Waals surface area contributed by atoms with Crippen molar-refractivity contribution in [3.63, 3.8) is 0 Å². The summed E-state index contributed by atoms with van der Waals surface area (Å²) in [7, 11) is 0. The minimum Gasteiger partial charge on any atom is -0.393 e. The molecule has 1 fully saturated rings. The molecule has 8 heteroatoms. The SMILES string of the molecule is C[C@@H](O)C[C@@H](CNC(=O)c1ccc(N2CCOCC2)c([N+](=O)[O-])c1)c1ccccc1. The van der Waals surface area contributed by atoms with Crippen LogP contribution in [-0.4, -0.2) is 54.9 Å². The predicted octanol–water partition coefficient (Wildman–Crippen LogP) is 2.72. The highest BCUT2D eigenvalue weighted by Crippen LogP contribution is 2.30. The van der Waals surface area contributed by atoms with Gasteiger partial charge in [-0.1, -0.05) is 30.3 Å². The summed E-state index contributed by atoms with van der Waals surface area (Å²) in [5.74, 6) is -0.434. The number of carbonyl (C=O) groups excluding carboxylic acids is 1. The minimum absolute atomic E-state index is 0.0576. The Hall–Kier alpha value is -2.97. The van der Waals surface area contributed by atoms with E-state index in [2.05, 4.69) is 5.32 Å². The van der Waals surface area contributed by atoms with Gasteiger partial charge in [0.2, 0.25) is 0 Å². The van der Waals surface area contributed by atoms with Crippen LogP contribution in [0.2, 0.25) is 0 Å². The quantitative estimate of drug-likeness (QED) is 0.509. The number of nitro benzene ring substituents is 1. The number of nitrogens with zero attached hydrogens (tertiary/aromatic N) is 2. The van der Waals surface area contributed by atoms with Crippen LogP contribution in [0, 0.1) is 10.1 Å². The zero-order valence-electron chi connectivity index (χ0n) is 17.0. The van der Waals surface area contributed by atoms with Gasteiger partial charge in [-0.15, -0.1) is 0 Å². The van der Waals surface area contributed by atoms with Gasteiger partial charge < -0.3 is 20.1 Å². The molecule has 2 atom stereocenters. The Morgan fingerprint density at radius 1 is 1.23 bits per heavy atom. The van der Waals surface area contributed by atoms with Gasteiger partial charge in [0.25, 0.3) is 11.6 Å². The number of aliphatic hydroxyl groups is 1. The number of amides is 1. The highest BCUT2D eigenvalue weighted by Gasteiger charge is 2.24. The number of hydrogen-bond acceptors (Lipinski definition) is 6. The van der Waals surface area contributed by atoms with Crippen LogP contribution in [0.1, 0.15) is 35.2 Å². The Labute approximate surface area is 175 Å². The number of hydrogen-bond donors (Lipinski definition) is 2. The molecule has 0 spiro atoms. The molecule has 160 valence electrons. The third kappa shape index (κ3) is 5.55. The van der Waals surface area contributed by atoms with Crippen LogP contribution in [0.5, 0.6) is 0 Å². The van der Waals surface area contributed by atoms with Crippen molar-refractivity contribution >= 4 is 17.3 Å². The van der Waals surface area contributed by atoms with Crippen molar-refractivity contribution in [3.05, 3.63) is 69.8 Å². The van der Waals surface area contributed by atoms with Crippen molar-refractivity contribution < 1.29 is 19.6 Å². The molecule has 1 saturated heterocycles. The van der Waals surface area contributed by atoms with E-state index in [-0.39, 0.29) is 23.1 Å². The smallest absolute Gasteiger partial charge is 0.293 e. The lowest BCUT2D eigenvalue weighted by atomic mass is 9.93. The van der Waals surface area contributed by atoms with Crippen LogP contribution in [0.15, 0.2) is 48.5 Å². The summed E-state index contributed by atoms with van der Waals surface area (Å²) in [6.45, 7) is 4.22. The topological polar surface area (TPSA) is 105 Å². The lowest BCUT2D eigenvalue weighted by molar-refractivity contribution is -0.384. The molecule has 1 heterocycles. The Bertz CT molecular complexity index is 866. The summed E-state index contributed by atoms with van der Waals surface area (Å²) in [4.78, 5) is 25.7. The fourth-order valence-corrected chi connectivity index (χ4v) is 3.67. The molecule has 3 rings (SSSR count). The van der Waals surface area contributed by atoms with E-state index in [1.165, 1.54) is 6.07 Å². The van der Waals surface area contributed by atoms with E-state index < -0.39 is 11.0 Å². The monoisotopic (exact) mass is 413 g/mol. The number of morpholine rings is 1. The van der Waals surface area contributed by atoms with Crippen molar-refractivity contribution in [3.8, 4) is 0 Å². The molecule has 2 aromatic carbocycles. The number of anilines is 1. The maximum absolute atomic E-state index is 12.7. The molecule has 2 N–H and O–H groups in total. The summed E-state index contributed by atoms with van der Waals surface area (Å²) in [6.07, 6.45) is -0.0126. The molecular formula is C22H27N3O5. The summed E-state index contributed by atoms with van der Waals surface area (Å²) in [5, 5.41) is 24.3. The summed E-state index contributed by atoms with van der Waals surface area (Å²) < 4.78 is 5.31. The van der Waals surface area contributed by atoms with Crippen molar-refractivity contribution in [2.45, 2.75) is 25.4 Å². The average molecular weight is 413 g/mol. The van der Waals surface area contributed by atoms with Gasteiger partial charge in [0.15, 0.2) is 0 Å². The first-order chi connectivity index (χ1) is 14.5. The molecule has 0 radical (unpaired) electrons. The number of benzene rings is 2. The van der Waals surface area contributed by atoms with Crippen molar-refractivity contribution in [1.82, 2.24) is 5.32 Å². The zero-order chi connectivity index (χ0) is 21.5. The van der Waals surface area contributed by atoms with Crippen LogP contribution in [0.25, 0.3) is 0 Å². The van der Waals surface area contributed by atoms with Crippen molar-refractivity contribution in [1.29, 1.82) is 0 Å². The molecule has 0 aliphatic carbocycles. The van der Waals surface area contributed by atoms with E-state index in [0.29, 0.717) is 45.0 Å². The number of aliphatic hydroxyl groups excluding tert-OH is 1. The van der Waals surface area contributed by atoms with E-state index in [0.717, 1.165) is 5.56 Å². The van der Waals surface area contributed by atoms with Crippen molar-refractivity contribution in [2.75, 3.05) is 37.7 Å². The summed E-state index contributed by atoms with van der Waals surface area (Å²) >= 11 is 0. The Morgan fingerprint density at radius 3 is 2.57 bits per heavy atom. The molecule has 8 nitrogen and oxygen atoms in total. The van der Waals surface area contributed by atoms with E-state index >= 15 is 0 Å². The number of carbonyl (C=O) groups is 1. The van der Waals surface area contributed by atoms with Crippen LogP contribution in [0.3, 0.4) is 0 Å². The Balaban J connectivity index is 1.74. The van der Waals surface area contributed by atoms with Gasteiger partial charge in [0.1, 0.15) is 5.69 Å². The lowest BCUT2D eigenvalue weighted by Gasteiger charge is -2.28. The van der Waals surface area contributed by atoms with Crippen LogP contribution >= 0.6 is 0 Å². The predicted molar refractivity (Wildman–Crippen MR) is 114 cm³/mol. The first-order valence-electron chi connectivity index (χ1n) is 10.1. The normalized spacial score (nSPS) is 16.0. The van der Waals surface area contributed by atoms with Gasteiger partial charge in [-0.25, -0.2) is 0 Å². The number of rotatable bonds is 8. The molecule has 0 unspecified atom stereocenters. The molecule has 2 aromatic rings. The number of ether oxygens (including phenoxy) is 1. The molecule has 0 aromatic heterocycles. The fourth-order valence-electron chi connectivity index (χ4n) is 3.67. The van der Waals surface area contributed by atoms with Gasteiger partial charge in [-0.05, 0) is 31.0 Å². The Morgan fingerprint density at radius 2 is 1.93 bits per heavy atom. The van der Waals surface area contributed by atoms with E-state index in [1.807, 2.05) is 35.2 Å². The summed E-state index contributed by atoms with van der Waals surface area (Å²) in [5.41, 5.74) is 1.67. The first kappa shape index (κ1) is 21.7. The van der Waals surface area contributed by atoms with E-state index in [4.69, 9.17) is 4.74 Å². The van der Waals surface area contributed by atoms with Crippen LogP contribution < -0.4 is 10.2 Å². The maximum atomic E-state index is 12.7. The molecule has 30 heavy (non-hydrogen) atoms. The molecule has 0 bridgehead atoms. The Kier molecular flexibility index (Phi) is 7.37. The van der Waals surface area contributed by atoms with Gasteiger partial charge in [-0.2, -0.15) is 0 Å². The zero-order valence-corrected chi connectivity index (χ0v) is 17.0. The number of nitro groups is 1. The molecule has 1 amide bonds. The summed E-state index contributed by atoms with van der Waals surface area (Å²) in [6, 6.07) is 14.2. The molecule has 1 aliphatic heterocycles. The second-order valence-corrected chi connectivity index (χ2v) is 7.46. The van der Waals surface area contributed by atoms with Gasteiger partial charge >= 0.3 is 0 Å². The largest absolute Gasteiger partial charge is 0.393 e. The van der Waals surface area contributed by atoms with Crippen LogP contribution in [0.4, 0.5) is 11.4 Å². The third-order valence-corrected chi connectivity index (χ3v) is 5.19. The van der Waals surface area contributed by atoms with E-state index in [1.54, 1.807) is 19.1 Å².